The van der Waals surface area contributed by atoms with E-state index in [1.165, 1.54) is 0 Å². The summed E-state index contributed by atoms with van der Waals surface area (Å²) in [5.41, 5.74) is 0.705. The molecule has 1 saturated carbocycles. The molecule has 1 saturated heterocycles. The molecule has 126 valence electrons. The molecule has 0 bridgehead atoms. The van der Waals surface area contributed by atoms with Gasteiger partial charge in [0.25, 0.3) is 5.91 Å². The van der Waals surface area contributed by atoms with Gasteiger partial charge in [-0.2, -0.15) is 0 Å². The molecule has 1 heterocycles. The van der Waals surface area contributed by atoms with Crippen molar-refractivity contribution in [2.24, 2.45) is 11.8 Å². The van der Waals surface area contributed by atoms with E-state index in [4.69, 9.17) is 4.74 Å². The van der Waals surface area contributed by atoms with Crippen molar-refractivity contribution in [2.45, 2.75) is 51.2 Å². The molecule has 1 N–H and O–H groups in total. The number of hydrogen-bond donors (Lipinski definition) is 1. The van der Waals surface area contributed by atoms with Crippen molar-refractivity contribution in [1.82, 2.24) is 4.90 Å². The van der Waals surface area contributed by atoms with Gasteiger partial charge in [0, 0.05) is 24.1 Å². The molecule has 4 heteroatoms. The number of amides is 1. The zero-order valence-electron chi connectivity index (χ0n) is 14.1. The van der Waals surface area contributed by atoms with Crippen LogP contribution in [0.5, 0.6) is 5.75 Å². The molecule has 1 aliphatic carbocycles. The Labute approximate surface area is 138 Å². The molecular weight excluding hydrogens is 290 g/mol. The van der Waals surface area contributed by atoms with Crippen LogP contribution in [0.4, 0.5) is 0 Å². The Morgan fingerprint density at radius 2 is 1.96 bits per heavy atom. The van der Waals surface area contributed by atoms with Gasteiger partial charge in [0.15, 0.2) is 0 Å². The Hall–Kier alpha value is -1.55. The number of methoxy groups -OCH3 is 1. The lowest BCUT2D eigenvalue weighted by molar-refractivity contribution is 0.00860. The highest BCUT2D eigenvalue weighted by atomic mass is 16.5. The lowest BCUT2D eigenvalue weighted by Crippen LogP contribution is -2.46. The minimum atomic E-state index is -0.263. The lowest BCUT2D eigenvalue weighted by atomic mass is 9.76. The zero-order chi connectivity index (χ0) is 16.4. The highest BCUT2D eigenvalue weighted by Gasteiger charge is 2.40. The maximum atomic E-state index is 12.9. The number of carbonyl (C=O) groups is 1. The number of aliphatic hydroxyl groups is 1. The lowest BCUT2D eigenvalue weighted by Gasteiger charge is -2.39. The minimum absolute atomic E-state index is 0.0839. The summed E-state index contributed by atoms with van der Waals surface area (Å²) in [6, 6.07) is 7.50. The standard InChI is InChI=1S/C19H27NO3/c1-13-5-10-18(21)16(12-13)17-4-3-11-20(17)19(22)14-6-8-15(23-2)9-7-14/h6-9,13,16-18,21H,3-5,10-12H2,1-2H3/t13-,16+,17-,18+/m1/s1. The van der Waals surface area contributed by atoms with E-state index >= 15 is 0 Å². The van der Waals surface area contributed by atoms with Gasteiger partial charge in [-0.05, 0) is 62.3 Å². The Balaban J connectivity index is 1.76. The van der Waals surface area contributed by atoms with E-state index < -0.39 is 0 Å². The molecule has 3 rings (SSSR count). The first-order valence-electron chi connectivity index (χ1n) is 8.73. The van der Waals surface area contributed by atoms with E-state index in [0.29, 0.717) is 11.5 Å². The Kier molecular flexibility index (Phi) is 4.90. The molecule has 2 aliphatic rings. The van der Waals surface area contributed by atoms with Crippen LogP contribution in [0.3, 0.4) is 0 Å². The summed E-state index contributed by atoms with van der Waals surface area (Å²) >= 11 is 0. The third-order valence-corrected chi connectivity index (χ3v) is 5.52. The maximum Gasteiger partial charge on any atom is 0.254 e. The monoisotopic (exact) mass is 317 g/mol. The van der Waals surface area contributed by atoms with Crippen LogP contribution in [0, 0.1) is 11.8 Å². The molecule has 1 aromatic rings. The van der Waals surface area contributed by atoms with E-state index in [-0.39, 0.29) is 24.0 Å². The van der Waals surface area contributed by atoms with Gasteiger partial charge in [-0.1, -0.05) is 6.92 Å². The number of nitrogens with zero attached hydrogens (tertiary/aromatic N) is 1. The van der Waals surface area contributed by atoms with Crippen LogP contribution in [0.1, 0.15) is 49.4 Å². The average Bonchev–Trinajstić information content (AvgIpc) is 3.06. The maximum absolute atomic E-state index is 12.9. The molecule has 1 amide bonds. The number of ether oxygens (including phenoxy) is 1. The van der Waals surface area contributed by atoms with Crippen LogP contribution in [0.25, 0.3) is 0 Å². The molecular formula is C19H27NO3. The van der Waals surface area contributed by atoms with Crippen molar-refractivity contribution in [3.05, 3.63) is 29.8 Å². The molecule has 4 atom stereocenters. The Bertz CT molecular complexity index is 542. The summed E-state index contributed by atoms with van der Waals surface area (Å²) < 4.78 is 5.16. The smallest absolute Gasteiger partial charge is 0.254 e. The molecule has 1 aromatic carbocycles. The third kappa shape index (κ3) is 3.37. The van der Waals surface area contributed by atoms with Crippen LogP contribution < -0.4 is 4.74 Å². The molecule has 2 fully saturated rings. The first-order chi connectivity index (χ1) is 11.1. The van der Waals surface area contributed by atoms with Crippen LogP contribution in [-0.4, -0.2) is 41.7 Å². The zero-order valence-corrected chi connectivity index (χ0v) is 14.1. The summed E-state index contributed by atoms with van der Waals surface area (Å²) in [7, 11) is 1.62. The summed E-state index contributed by atoms with van der Waals surface area (Å²) in [5, 5.41) is 10.4. The molecule has 0 aromatic heterocycles. The van der Waals surface area contributed by atoms with Gasteiger partial charge in [-0.15, -0.1) is 0 Å². The molecule has 0 radical (unpaired) electrons. The fourth-order valence-corrected chi connectivity index (χ4v) is 4.21. The topological polar surface area (TPSA) is 49.8 Å². The van der Waals surface area contributed by atoms with Crippen LogP contribution in [0.15, 0.2) is 24.3 Å². The average molecular weight is 317 g/mol. The van der Waals surface area contributed by atoms with Gasteiger partial charge in [0.1, 0.15) is 5.75 Å². The van der Waals surface area contributed by atoms with Gasteiger partial charge >= 0.3 is 0 Å². The predicted molar refractivity (Wildman–Crippen MR) is 89.6 cm³/mol. The number of benzene rings is 1. The van der Waals surface area contributed by atoms with Crippen molar-refractivity contribution < 1.29 is 14.6 Å². The highest BCUT2D eigenvalue weighted by molar-refractivity contribution is 5.94. The van der Waals surface area contributed by atoms with Crippen LogP contribution in [-0.2, 0) is 0 Å². The van der Waals surface area contributed by atoms with E-state index in [1.807, 2.05) is 29.2 Å². The summed E-state index contributed by atoms with van der Waals surface area (Å²) in [5.74, 6) is 1.71. The number of likely N-dealkylation sites (tertiary alicyclic amines) is 1. The predicted octanol–water partition coefficient (Wildman–Crippen LogP) is 3.10. The molecule has 23 heavy (non-hydrogen) atoms. The first kappa shape index (κ1) is 16.3. The second-order valence-corrected chi connectivity index (χ2v) is 7.09. The number of carbonyl (C=O) groups excluding carboxylic acids is 1. The van der Waals surface area contributed by atoms with Crippen molar-refractivity contribution in [1.29, 1.82) is 0 Å². The molecule has 0 spiro atoms. The van der Waals surface area contributed by atoms with Crippen LogP contribution in [0.2, 0.25) is 0 Å². The second-order valence-electron chi connectivity index (χ2n) is 7.09. The van der Waals surface area contributed by atoms with E-state index in [2.05, 4.69) is 6.92 Å². The first-order valence-corrected chi connectivity index (χ1v) is 8.73. The van der Waals surface area contributed by atoms with Gasteiger partial charge in [-0.25, -0.2) is 0 Å². The summed E-state index contributed by atoms with van der Waals surface area (Å²) in [6.45, 7) is 3.05. The summed E-state index contributed by atoms with van der Waals surface area (Å²) in [4.78, 5) is 14.9. The minimum Gasteiger partial charge on any atom is -0.497 e. The highest BCUT2D eigenvalue weighted by Crippen LogP contribution is 2.37. The largest absolute Gasteiger partial charge is 0.497 e. The third-order valence-electron chi connectivity index (χ3n) is 5.52. The van der Waals surface area contributed by atoms with E-state index in [0.717, 1.165) is 44.4 Å². The second kappa shape index (κ2) is 6.91. The van der Waals surface area contributed by atoms with Crippen molar-refractivity contribution in [2.75, 3.05) is 13.7 Å². The van der Waals surface area contributed by atoms with Gasteiger partial charge in [0.05, 0.1) is 13.2 Å². The summed E-state index contributed by atoms with van der Waals surface area (Å²) in [6.07, 6.45) is 4.77. The quantitative estimate of drug-likeness (QED) is 0.932. The molecule has 0 unspecified atom stereocenters. The van der Waals surface area contributed by atoms with Gasteiger partial charge in [0.2, 0.25) is 0 Å². The van der Waals surface area contributed by atoms with Crippen LogP contribution >= 0.6 is 0 Å². The molecule has 1 aliphatic heterocycles. The fraction of sp³-hybridized carbons (Fsp3) is 0.632. The van der Waals surface area contributed by atoms with Crippen molar-refractivity contribution >= 4 is 5.91 Å². The van der Waals surface area contributed by atoms with Crippen molar-refractivity contribution in [3.8, 4) is 5.75 Å². The molecule has 4 nitrogen and oxygen atoms in total. The van der Waals surface area contributed by atoms with E-state index in [9.17, 15) is 9.90 Å². The number of hydrogen-bond acceptors (Lipinski definition) is 3. The van der Waals surface area contributed by atoms with E-state index in [1.54, 1.807) is 7.11 Å². The SMILES string of the molecule is COc1ccc(C(=O)N2CCC[C@@H]2[C@@H]2C[C@H](C)CC[C@@H]2O)cc1. The van der Waals surface area contributed by atoms with Gasteiger partial charge in [-0.3, -0.25) is 4.79 Å². The van der Waals surface area contributed by atoms with Crippen molar-refractivity contribution in [3.63, 3.8) is 0 Å². The normalized spacial score (nSPS) is 31.2. The fourth-order valence-electron chi connectivity index (χ4n) is 4.21. The Morgan fingerprint density at radius 1 is 1.22 bits per heavy atom. The Morgan fingerprint density at radius 3 is 2.65 bits per heavy atom. The van der Waals surface area contributed by atoms with Gasteiger partial charge < -0.3 is 14.7 Å². The number of aliphatic hydroxyl groups excluding tert-OH is 1. The number of rotatable bonds is 3.